The molecule has 0 spiro atoms. The maximum Gasteiger partial charge on any atom is 0.145 e. The largest absolute Gasteiger partial charge is 0.299 e. The highest BCUT2D eigenvalue weighted by Gasteiger charge is 2.08. The molecule has 2 heterocycles. The fourth-order valence-corrected chi connectivity index (χ4v) is 2.69. The van der Waals surface area contributed by atoms with Crippen LogP contribution < -0.4 is 10.4 Å². The molecule has 0 amide bonds. The van der Waals surface area contributed by atoms with Gasteiger partial charge in [0, 0.05) is 28.2 Å². The van der Waals surface area contributed by atoms with Crippen LogP contribution in [0.15, 0.2) is 36.3 Å². The smallest absolute Gasteiger partial charge is 0.145 e. The van der Waals surface area contributed by atoms with Gasteiger partial charge in [0.1, 0.15) is 5.65 Å². The van der Waals surface area contributed by atoms with Gasteiger partial charge in [0.15, 0.2) is 0 Å². The first kappa shape index (κ1) is 10.4. The summed E-state index contributed by atoms with van der Waals surface area (Å²) in [4.78, 5) is 4.48. The number of aryl methyl sites for hydroxylation is 2. The molecule has 2 aromatic heterocycles. The number of nitrogens with zero attached hydrogens (tertiary/aromatic N) is 2. The van der Waals surface area contributed by atoms with Gasteiger partial charge in [-0.3, -0.25) is 4.40 Å². The number of benzene rings is 1. The summed E-state index contributed by atoms with van der Waals surface area (Å²) in [7, 11) is 0. The van der Waals surface area contributed by atoms with Crippen LogP contribution in [0.2, 0.25) is 0 Å². The van der Waals surface area contributed by atoms with Crippen LogP contribution in [0, 0.1) is 13.8 Å². The Labute approximate surface area is 110 Å². The molecule has 0 fully saturated rings. The third kappa shape index (κ3) is 1.30. The highest BCUT2D eigenvalue weighted by molar-refractivity contribution is 5.85. The number of hydrogen-bond acceptors (Lipinski definition) is 1. The first-order valence-electron chi connectivity index (χ1n) is 6.34. The Hall–Kier alpha value is -2.53. The van der Waals surface area contributed by atoms with E-state index < -0.39 is 0 Å². The van der Waals surface area contributed by atoms with E-state index >= 15 is 0 Å². The van der Waals surface area contributed by atoms with E-state index in [1.807, 2.05) is 18.5 Å². The highest BCUT2D eigenvalue weighted by Crippen LogP contribution is 2.16. The van der Waals surface area contributed by atoms with Crippen molar-refractivity contribution in [2.45, 2.75) is 13.8 Å². The van der Waals surface area contributed by atoms with Gasteiger partial charge in [-0.1, -0.05) is 11.5 Å². The molecule has 1 aromatic carbocycles. The Morgan fingerprint density at radius 1 is 1.16 bits per heavy atom. The van der Waals surface area contributed by atoms with Gasteiger partial charge in [-0.15, -0.1) is 0 Å². The van der Waals surface area contributed by atoms with E-state index in [1.165, 1.54) is 22.0 Å². The third-order valence-corrected chi connectivity index (χ3v) is 3.82. The maximum atomic E-state index is 4.48. The van der Waals surface area contributed by atoms with Crippen LogP contribution in [-0.2, 0) is 0 Å². The van der Waals surface area contributed by atoms with Crippen molar-refractivity contribution in [1.82, 2.24) is 9.38 Å². The zero-order valence-corrected chi connectivity index (χ0v) is 10.9. The summed E-state index contributed by atoms with van der Waals surface area (Å²) in [5, 5.41) is 3.43. The zero-order chi connectivity index (χ0) is 13.0. The van der Waals surface area contributed by atoms with Crippen molar-refractivity contribution in [3.63, 3.8) is 0 Å². The van der Waals surface area contributed by atoms with Gasteiger partial charge in [-0.05, 0) is 49.3 Å². The van der Waals surface area contributed by atoms with Crippen LogP contribution >= 0.6 is 0 Å². The molecule has 19 heavy (non-hydrogen) atoms. The normalized spacial score (nSPS) is 12.5. The van der Waals surface area contributed by atoms with E-state index in [-0.39, 0.29) is 0 Å². The van der Waals surface area contributed by atoms with Crippen LogP contribution in [0.1, 0.15) is 11.1 Å². The van der Waals surface area contributed by atoms with E-state index in [4.69, 9.17) is 0 Å². The van der Waals surface area contributed by atoms with E-state index in [0.717, 1.165) is 16.1 Å². The molecule has 0 bridgehead atoms. The second kappa shape index (κ2) is 3.49. The molecule has 0 saturated heterocycles. The minimum absolute atomic E-state index is 0.982. The molecule has 4 rings (SSSR count). The lowest BCUT2D eigenvalue weighted by molar-refractivity contribution is 1.22. The van der Waals surface area contributed by atoms with Gasteiger partial charge >= 0.3 is 0 Å². The summed E-state index contributed by atoms with van der Waals surface area (Å²) in [6, 6.07) is 4.45. The minimum atomic E-state index is 0.982. The van der Waals surface area contributed by atoms with Crippen molar-refractivity contribution in [2.75, 3.05) is 0 Å². The van der Waals surface area contributed by atoms with Crippen molar-refractivity contribution in [3.05, 3.63) is 57.9 Å². The Morgan fingerprint density at radius 2 is 2.00 bits per heavy atom. The van der Waals surface area contributed by atoms with E-state index in [0.29, 0.717) is 0 Å². The summed E-state index contributed by atoms with van der Waals surface area (Å²) in [5.74, 6) is 0. The van der Waals surface area contributed by atoms with Crippen molar-refractivity contribution in [3.8, 4) is 0 Å². The molecular weight excluding hydrogens is 232 g/mol. The molecular formula is C17H12N2. The van der Waals surface area contributed by atoms with Crippen molar-refractivity contribution >= 4 is 28.4 Å². The number of pyridine rings is 1. The molecule has 1 aliphatic rings. The minimum Gasteiger partial charge on any atom is -0.299 e. The average molecular weight is 244 g/mol. The Bertz CT molecular complexity index is 1040. The summed E-state index contributed by atoms with van der Waals surface area (Å²) < 4.78 is 2.15. The van der Waals surface area contributed by atoms with Gasteiger partial charge in [-0.25, -0.2) is 4.98 Å². The number of fused-ring (bicyclic) bond motifs is 6. The van der Waals surface area contributed by atoms with Gasteiger partial charge < -0.3 is 0 Å². The lowest BCUT2D eigenvalue weighted by Gasteiger charge is -2.08. The first-order valence-corrected chi connectivity index (χ1v) is 6.34. The molecule has 0 aliphatic heterocycles. The predicted octanol–water partition coefficient (Wildman–Crippen LogP) is 1.99. The fourth-order valence-electron chi connectivity index (χ4n) is 2.69. The molecule has 0 radical (unpaired) electrons. The van der Waals surface area contributed by atoms with Gasteiger partial charge in [0.2, 0.25) is 0 Å². The van der Waals surface area contributed by atoms with E-state index in [9.17, 15) is 0 Å². The second-order valence-electron chi connectivity index (χ2n) is 4.97. The number of allylic oxidation sites excluding steroid dienone is 1. The van der Waals surface area contributed by atoms with Crippen molar-refractivity contribution in [2.24, 2.45) is 0 Å². The monoisotopic (exact) mass is 244 g/mol. The van der Waals surface area contributed by atoms with Crippen molar-refractivity contribution in [1.29, 1.82) is 0 Å². The SMILES string of the molecule is Cc1cc2c3c(c4nccn4c2cc1C)=CC=C=C=3. The molecule has 0 saturated carbocycles. The van der Waals surface area contributed by atoms with Crippen LogP contribution in [0.5, 0.6) is 0 Å². The Kier molecular flexibility index (Phi) is 1.91. The van der Waals surface area contributed by atoms with Gasteiger partial charge in [-0.2, -0.15) is 0 Å². The molecule has 2 heteroatoms. The van der Waals surface area contributed by atoms with Gasteiger partial charge in [0.25, 0.3) is 0 Å². The quantitative estimate of drug-likeness (QED) is 0.553. The molecule has 0 unspecified atom stereocenters. The maximum absolute atomic E-state index is 4.48. The van der Waals surface area contributed by atoms with Gasteiger partial charge in [0.05, 0.1) is 5.52 Å². The molecule has 0 atom stereocenters. The number of hydrogen-bond donors (Lipinski definition) is 0. The van der Waals surface area contributed by atoms with Crippen LogP contribution in [0.3, 0.4) is 0 Å². The summed E-state index contributed by atoms with van der Waals surface area (Å²) in [6.07, 6.45) is 7.81. The molecule has 2 nitrogen and oxygen atoms in total. The highest BCUT2D eigenvalue weighted by atomic mass is 15.0. The summed E-state index contributed by atoms with van der Waals surface area (Å²) in [6.45, 7) is 4.29. The Balaban J connectivity index is 2.50. The fraction of sp³-hybridized carbons (Fsp3) is 0.118. The van der Waals surface area contributed by atoms with E-state index in [2.05, 4.69) is 52.9 Å². The van der Waals surface area contributed by atoms with Crippen LogP contribution in [0.25, 0.3) is 28.4 Å². The van der Waals surface area contributed by atoms with Crippen molar-refractivity contribution < 1.29 is 0 Å². The molecule has 1 aliphatic carbocycles. The van der Waals surface area contributed by atoms with Crippen LogP contribution in [0.4, 0.5) is 0 Å². The zero-order valence-electron chi connectivity index (χ0n) is 10.9. The standard InChI is InChI=1S/C17H12N2/c1-11-9-15-13-5-3-4-6-14(13)17-18-7-8-19(17)16(15)10-12(11)2/h4,6-10H,1-2H3. The number of aromatic nitrogens is 2. The average Bonchev–Trinajstić information content (AvgIpc) is 2.91. The lowest BCUT2D eigenvalue weighted by atomic mass is 10.0. The first-order chi connectivity index (χ1) is 9.25. The number of rotatable bonds is 0. The molecule has 0 N–H and O–H groups in total. The molecule has 90 valence electrons. The topological polar surface area (TPSA) is 17.3 Å². The lowest BCUT2D eigenvalue weighted by Crippen LogP contribution is -2.28. The third-order valence-electron chi connectivity index (χ3n) is 3.82. The second-order valence-corrected chi connectivity index (χ2v) is 4.97. The summed E-state index contributed by atoms with van der Waals surface area (Å²) in [5.41, 5.74) is 11.1. The summed E-state index contributed by atoms with van der Waals surface area (Å²) >= 11 is 0. The van der Waals surface area contributed by atoms with Crippen LogP contribution in [-0.4, -0.2) is 9.38 Å². The predicted molar refractivity (Wildman–Crippen MR) is 77.4 cm³/mol. The Morgan fingerprint density at radius 3 is 2.89 bits per heavy atom. The molecule has 3 aromatic rings. The van der Waals surface area contributed by atoms with E-state index in [1.54, 1.807) is 0 Å². The number of imidazole rings is 1.